The summed E-state index contributed by atoms with van der Waals surface area (Å²) in [4.78, 5) is 27.7. The van der Waals surface area contributed by atoms with Gasteiger partial charge in [-0.25, -0.2) is 26.4 Å². The highest BCUT2D eigenvalue weighted by atomic mass is 32.2. The van der Waals surface area contributed by atoms with Crippen LogP contribution in [0.3, 0.4) is 0 Å². The molecule has 0 atom stereocenters. The van der Waals surface area contributed by atoms with Crippen molar-refractivity contribution in [2.45, 2.75) is 24.8 Å². The Balaban J connectivity index is 1.64. The molecular weight excluding hydrogens is 413 g/mol. The minimum Gasteiger partial charge on any atom is -0.302 e. The standard InChI is InChI=1S/C17H21F3N4O4S/c1-11(2)24-14(25)9-22(17(24)26)10-21-5-7-23(8-6-21)29(27,28)13-4-3-12(18)15(19)16(13)20/h3-4,11H,5-10H2,1-2H3. The Morgan fingerprint density at radius 3 is 2.17 bits per heavy atom. The van der Waals surface area contributed by atoms with Gasteiger partial charge in [0, 0.05) is 32.2 Å². The predicted molar refractivity (Wildman–Crippen MR) is 95.6 cm³/mol. The molecular formula is C17H21F3N4O4S. The van der Waals surface area contributed by atoms with E-state index in [9.17, 15) is 31.2 Å². The van der Waals surface area contributed by atoms with Crippen molar-refractivity contribution in [3.8, 4) is 0 Å². The van der Waals surface area contributed by atoms with Crippen LogP contribution in [0.1, 0.15) is 13.8 Å². The molecule has 8 nitrogen and oxygen atoms in total. The van der Waals surface area contributed by atoms with E-state index in [1.807, 2.05) is 0 Å². The van der Waals surface area contributed by atoms with E-state index in [-0.39, 0.29) is 51.3 Å². The second kappa shape index (κ2) is 7.92. The number of imide groups is 1. The van der Waals surface area contributed by atoms with Gasteiger partial charge in [0.25, 0.3) is 5.91 Å². The van der Waals surface area contributed by atoms with Gasteiger partial charge in [-0.1, -0.05) is 0 Å². The van der Waals surface area contributed by atoms with Gasteiger partial charge < -0.3 is 4.90 Å². The number of piperazine rings is 1. The number of rotatable bonds is 5. The zero-order valence-corrected chi connectivity index (χ0v) is 16.8. The summed E-state index contributed by atoms with van der Waals surface area (Å²) in [5.74, 6) is -5.34. The van der Waals surface area contributed by atoms with Gasteiger partial charge >= 0.3 is 6.03 Å². The van der Waals surface area contributed by atoms with Crippen molar-refractivity contribution in [1.82, 2.24) is 19.0 Å². The van der Waals surface area contributed by atoms with Crippen molar-refractivity contribution in [2.75, 3.05) is 39.4 Å². The molecule has 2 aliphatic heterocycles. The molecule has 0 unspecified atom stereocenters. The number of benzene rings is 1. The molecule has 2 aliphatic rings. The van der Waals surface area contributed by atoms with E-state index in [4.69, 9.17) is 0 Å². The fraction of sp³-hybridized carbons (Fsp3) is 0.529. The quantitative estimate of drug-likeness (QED) is 0.511. The lowest BCUT2D eigenvalue weighted by Gasteiger charge is -2.35. The lowest BCUT2D eigenvalue weighted by molar-refractivity contribution is -0.126. The highest BCUT2D eigenvalue weighted by molar-refractivity contribution is 7.89. The van der Waals surface area contributed by atoms with Crippen LogP contribution in [0.15, 0.2) is 17.0 Å². The average Bonchev–Trinajstić information content (AvgIpc) is 2.93. The maximum atomic E-state index is 13.9. The first-order chi connectivity index (χ1) is 13.5. The average molecular weight is 434 g/mol. The van der Waals surface area contributed by atoms with Crippen LogP contribution < -0.4 is 0 Å². The van der Waals surface area contributed by atoms with Crippen molar-refractivity contribution in [3.05, 3.63) is 29.6 Å². The fourth-order valence-corrected chi connectivity index (χ4v) is 4.86. The minimum atomic E-state index is -4.34. The first kappa shape index (κ1) is 21.5. The summed E-state index contributed by atoms with van der Waals surface area (Å²) in [6.45, 7) is 3.99. The number of amides is 3. The maximum absolute atomic E-state index is 13.9. The van der Waals surface area contributed by atoms with Crippen molar-refractivity contribution >= 4 is 22.0 Å². The van der Waals surface area contributed by atoms with Gasteiger partial charge in [-0.15, -0.1) is 0 Å². The largest absolute Gasteiger partial charge is 0.328 e. The van der Waals surface area contributed by atoms with Crippen molar-refractivity contribution in [2.24, 2.45) is 0 Å². The Hall–Kier alpha value is -2.18. The van der Waals surface area contributed by atoms with Crippen molar-refractivity contribution < 1.29 is 31.2 Å². The third-order valence-electron chi connectivity index (χ3n) is 4.91. The highest BCUT2D eigenvalue weighted by Crippen LogP contribution is 2.24. The van der Waals surface area contributed by atoms with E-state index in [2.05, 4.69) is 0 Å². The van der Waals surface area contributed by atoms with Crippen molar-refractivity contribution in [1.29, 1.82) is 0 Å². The summed E-state index contributed by atoms with van der Waals surface area (Å²) >= 11 is 0. The number of halogens is 3. The molecule has 2 saturated heterocycles. The van der Waals surface area contributed by atoms with Gasteiger partial charge in [-0.05, 0) is 26.0 Å². The summed E-state index contributed by atoms with van der Waals surface area (Å²) in [7, 11) is -4.34. The number of hydrogen-bond donors (Lipinski definition) is 0. The van der Waals surface area contributed by atoms with Crippen LogP contribution in [0.25, 0.3) is 0 Å². The molecule has 0 saturated carbocycles. The van der Waals surface area contributed by atoms with Crippen LogP contribution in [-0.2, 0) is 14.8 Å². The van der Waals surface area contributed by atoms with E-state index in [0.29, 0.717) is 12.1 Å². The third kappa shape index (κ3) is 3.96. The number of carbonyl (C=O) groups is 2. The fourth-order valence-electron chi connectivity index (χ4n) is 3.38. The molecule has 12 heteroatoms. The highest BCUT2D eigenvalue weighted by Gasteiger charge is 2.39. The molecule has 0 aliphatic carbocycles. The van der Waals surface area contributed by atoms with Gasteiger partial charge in [0.15, 0.2) is 17.5 Å². The molecule has 0 spiro atoms. The second-order valence-corrected chi connectivity index (χ2v) is 9.08. The molecule has 160 valence electrons. The number of urea groups is 1. The third-order valence-corrected chi connectivity index (χ3v) is 6.82. The first-order valence-electron chi connectivity index (χ1n) is 9.01. The minimum absolute atomic E-state index is 0.0232. The number of hydrogen-bond acceptors (Lipinski definition) is 5. The molecule has 3 amide bonds. The maximum Gasteiger partial charge on any atom is 0.328 e. The lowest BCUT2D eigenvalue weighted by Crippen LogP contribution is -2.52. The smallest absolute Gasteiger partial charge is 0.302 e. The van der Waals surface area contributed by atoms with E-state index in [0.717, 1.165) is 4.31 Å². The molecule has 2 fully saturated rings. The van der Waals surface area contributed by atoms with E-state index >= 15 is 0 Å². The molecule has 1 aromatic carbocycles. The molecule has 0 bridgehead atoms. The Morgan fingerprint density at radius 1 is 1.00 bits per heavy atom. The molecule has 0 aromatic heterocycles. The van der Waals surface area contributed by atoms with Crippen LogP contribution in [0, 0.1) is 17.5 Å². The molecule has 2 heterocycles. The summed E-state index contributed by atoms with van der Waals surface area (Å²) in [6, 6.07) is 0.611. The van der Waals surface area contributed by atoms with Crippen LogP contribution in [-0.4, -0.2) is 84.8 Å². The van der Waals surface area contributed by atoms with E-state index in [1.54, 1.807) is 18.7 Å². The molecule has 0 N–H and O–H groups in total. The second-order valence-electron chi connectivity index (χ2n) is 7.18. The monoisotopic (exact) mass is 434 g/mol. The zero-order chi connectivity index (χ0) is 21.5. The summed E-state index contributed by atoms with van der Waals surface area (Å²) in [5, 5.41) is 0. The van der Waals surface area contributed by atoms with Crippen LogP contribution >= 0.6 is 0 Å². The Kier molecular flexibility index (Phi) is 5.88. The van der Waals surface area contributed by atoms with Gasteiger partial charge in [-0.3, -0.25) is 14.6 Å². The topological polar surface area (TPSA) is 81.2 Å². The summed E-state index contributed by atoms with van der Waals surface area (Å²) in [5.41, 5.74) is 0. The molecule has 1 aromatic rings. The number of nitrogens with zero attached hydrogens (tertiary/aromatic N) is 4. The Bertz CT molecular complexity index is 933. The first-order valence-corrected chi connectivity index (χ1v) is 10.4. The predicted octanol–water partition coefficient (Wildman–Crippen LogP) is 1.04. The number of sulfonamides is 1. The van der Waals surface area contributed by atoms with Crippen LogP contribution in [0.4, 0.5) is 18.0 Å². The molecule has 3 rings (SSSR count). The van der Waals surface area contributed by atoms with Crippen LogP contribution in [0.2, 0.25) is 0 Å². The molecule has 0 radical (unpaired) electrons. The Morgan fingerprint density at radius 2 is 1.62 bits per heavy atom. The lowest BCUT2D eigenvalue weighted by atomic mass is 10.3. The summed E-state index contributed by atoms with van der Waals surface area (Å²) in [6.07, 6.45) is 0. The van der Waals surface area contributed by atoms with Gasteiger partial charge in [0.1, 0.15) is 11.4 Å². The Labute approximate surface area is 166 Å². The van der Waals surface area contributed by atoms with Gasteiger partial charge in [0.05, 0.1) is 6.67 Å². The number of carbonyl (C=O) groups excluding carboxylic acids is 2. The van der Waals surface area contributed by atoms with Gasteiger partial charge in [0.2, 0.25) is 10.0 Å². The van der Waals surface area contributed by atoms with E-state index in [1.165, 1.54) is 9.80 Å². The van der Waals surface area contributed by atoms with Crippen molar-refractivity contribution in [3.63, 3.8) is 0 Å². The van der Waals surface area contributed by atoms with Crippen LogP contribution in [0.5, 0.6) is 0 Å². The molecule has 29 heavy (non-hydrogen) atoms. The normalized spacial score (nSPS) is 19.7. The zero-order valence-electron chi connectivity index (χ0n) is 15.9. The SMILES string of the molecule is CC(C)N1C(=O)CN(CN2CCN(S(=O)(=O)c3ccc(F)c(F)c3F)CC2)C1=O. The summed E-state index contributed by atoms with van der Waals surface area (Å²) < 4.78 is 66.6. The van der Waals surface area contributed by atoms with Gasteiger partial charge in [-0.2, -0.15) is 4.31 Å². The van der Waals surface area contributed by atoms with E-state index < -0.39 is 38.4 Å².